The van der Waals surface area contributed by atoms with Crippen LogP contribution >= 0.6 is 15.9 Å². The summed E-state index contributed by atoms with van der Waals surface area (Å²) in [6, 6.07) is 0. The Labute approximate surface area is 83.0 Å². The van der Waals surface area contributed by atoms with Gasteiger partial charge in [-0.2, -0.15) is 0 Å². The first-order valence-corrected chi connectivity index (χ1v) is 5.33. The van der Waals surface area contributed by atoms with Crippen LogP contribution in [0.25, 0.3) is 0 Å². The fraction of sp³-hybridized carbons (Fsp3) is 1.00. The van der Waals surface area contributed by atoms with Gasteiger partial charge in [-0.1, -0.05) is 22.9 Å². The van der Waals surface area contributed by atoms with Crippen molar-refractivity contribution in [3.8, 4) is 0 Å². The van der Waals surface area contributed by atoms with Gasteiger partial charge in [0.05, 0.1) is 10.4 Å². The quantitative estimate of drug-likeness (QED) is 0.498. The van der Waals surface area contributed by atoms with Crippen LogP contribution in [0.15, 0.2) is 0 Å². The Kier molecular flexibility index (Phi) is 2.35. The lowest BCUT2D eigenvalue weighted by atomic mass is 9.89. The Bertz CT molecular complexity index is 171. The van der Waals surface area contributed by atoms with Crippen molar-refractivity contribution in [1.29, 1.82) is 0 Å². The van der Waals surface area contributed by atoms with E-state index in [1.54, 1.807) is 0 Å². The first kappa shape index (κ1) is 10.5. The van der Waals surface area contributed by atoms with E-state index in [0.29, 0.717) is 15.8 Å². The van der Waals surface area contributed by atoms with Crippen molar-refractivity contribution in [3.05, 3.63) is 5.21 Å². The number of hydrogen-bond acceptors (Lipinski definition) is 1. The van der Waals surface area contributed by atoms with Gasteiger partial charge in [0.1, 0.15) is 5.54 Å². The van der Waals surface area contributed by atoms with Gasteiger partial charge in [0.2, 0.25) is 0 Å². The molecule has 1 rings (SSSR count). The standard InChI is InChI=1S/C9H18BrNO/c1-6-7(10)9(4,5)11(12)8(6,2)3/h6-7,11H,1-5H3. The third-order valence-electron chi connectivity index (χ3n) is 3.44. The number of hydrogen-bond donors (Lipinski definition) is 1. The summed E-state index contributed by atoms with van der Waals surface area (Å²) in [6.07, 6.45) is 0. The van der Waals surface area contributed by atoms with Gasteiger partial charge in [-0.25, -0.2) is 0 Å². The van der Waals surface area contributed by atoms with Gasteiger partial charge in [0, 0.05) is 5.92 Å². The molecule has 1 heterocycles. The van der Waals surface area contributed by atoms with Crippen molar-refractivity contribution in [2.75, 3.05) is 0 Å². The van der Waals surface area contributed by atoms with Crippen LogP contribution in [-0.2, 0) is 0 Å². The summed E-state index contributed by atoms with van der Waals surface area (Å²) in [5, 5.41) is 12.3. The number of hydroxylamine groups is 2. The van der Waals surface area contributed by atoms with Gasteiger partial charge in [-0.15, -0.1) is 0 Å². The van der Waals surface area contributed by atoms with Gasteiger partial charge < -0.3 is 10.3 Å². The molecule has 0 saturated carbocycles. The Hall–Kier alpha value is 0.400. The highest BCUT2D eigenvalue weighted by Gasteiger charge is 2.56. The normalized spacial score (nSPS) is 44.8. The molecular weight excluding hydrogens is 218 g/mol. The lowest BCUT2D eigenvalue weighted by Gasteiger charge is -2.41. The minimum Gasteiger partial charge on any atom is -0.633 e. The summed E-state index contributed by atoms with van der Waals surface area (Å²) in [4.78, 5) is 0.312. The Balaban J connectivity index is 3.03. The molecular formula is C9H18BrNO. The molecule has 0 bridgehead atoms. The predicted molar refractivity (Wildman–Crippen MR) is 54.4 cm³/mol. The smallest absolute Gasteiger partial charge is 0.105 e. The van der Waals surface area contributed by atoms with Gasteiger partial charge in [0.25, 0.3) is 0 Å². The number of halogens is 1. The fourth-order valence-corrected chi connectivity index (χ4v) is 3.02. The lowest BCUT2D eigenvalue weighted by Crippen LogP contribution is -3.20. The Morgan fingerprint density at radius 2 is 1.58 bits per heavy atom. The molecule has 2 nitrogen and oxygen atoms in total. The van der Waals surface area contributed by atoms with Gasteiger partial charge in [0.15, 0.2) is 0 Å². The van der Waals surface area contributed by atoms with Crippen LogP contribution in [0.3, 0.4) is 0 Å². The zero-order valence-electron chi connectivity index (χ0n) is 8.44. The van der Waals surface area contributed by atoms with Crippen LogP contribution in [0.2, 0.25) is 0 Å². The molecule has 0 amide bonds. The topological polar surface area (TPSA) is 27.5 Å². The molecule has 0 radical (unpaired) electrons. The minimum atomic E-state index is -0.205. The average Bonchev–Trinajstić information content (AvgIpc) is 2.06. The molecule has 0 aromatic carbocycles. The first-order chi connectivity index (χ1) is 5.22. The molecule has 1 aliphatic rings. The molecule has 1 aliphatic heterocycles. The summed E-state index contributed by atoms with van der Waals surface area (Å²) in [7, 11) is 0. The molecule has 0 spiro atoms. The number of nitrogens with one attached hydrogen (secondary N) is 1. The van der Waals surface area contributed by atoms with E-state index in [0.717, 1.165) is 0 Å². The first-order valence-electron chi connectivity index (χ1n) is 4.41. The maximum Gasteiger partial charge on any atom is 0.105 e. The van der Waals surface area contributed by atoms with Crippen LogP contribution in [0.1, 0.15) is 34.6 Å². The van der Waals surface area contributed by atoms with E-state index >= 15 is 0 Å². The molecule has 0 aromatic heterocycles. The summed E-state index contributed by atoms with van der Waals surface area (Å²) in [5.74, 6) is 0.417. The van der Waals surface area contributed by atoms with Crippen molar-refractivity contribution in [2.24, 2.45) is 5.92 Å². The summed E-state index contributed by atoms with van der Waals surface area (Å²) in [5.41, 5.74) is -0.374. The van der Waals surface area contributed by atoms with Gasteiger partial charge in [-0.05, 0) is 27.7 Å². The highest BCUT2D eigenvalue weighted by Crippen LogP contribution is 2.35. The van der Waals surface area contributed by atoms with Crippen molar-refractivity contribution >= 4 is 15.9 Å². The highest BCUT2D eigenvalue weighted by molar-refractivity contribution is 9.09. The lowest BCUT2D eigenvalue weighted by molar-refractivity contribution is -0.933. The minimum absolute atomic E-state index is 0.169. The largest absolute Gasteiger partial charge is 0.633 e. The summed E-state index contributed by atoms with van der Waals surface area (Å²) in [6.45, 7) is 10.3. The molecule has 0 aliphatic carbocycles. The maximum atomic E-state index is 11.9. The molecule has 1 saturated heterocycles. The van der Waals surface area contributed by atoms with Crippen LogP contribution < -0.4 is 5.06 Å². The van der Waals surface area contributed by atoms with E-state index < -0.39 is 0 Å². The van der Waals surface area contributed by atoms with E-state index in [2.05, 4.69) is 22.9 Å². The third-order valence-corrected chi connectivity index (χ3v) is 5.37. The van der Waals surface area contributed by atoms with Crippen molar-refractivity contribution < 1.29 is 5.06 Å². The summed E-state index contributed by atoms with van der Waals surface area (Å²) >= 11 is 3.62. The third kappa shape index (κ3) is 1.14. The van der Waals surface area contributed by atoms with Gasteiger partial charge in [-0.3, -0.25) is 0 Å². The zero-order chi connectivity index (χ0) is 9.73. The number of alkyl halides is 1. The zero-order valence-corrected chi connectivity index (χ0v) is 10.0. The van der Waals surface area contributed by atoms with Crippen LogP contribution in [0.5, 0.6) is 0 Å². The molecule has 3 atom stereocenters. The maximum absolute atomic E-state index is 11.9. The van der Waals surface area contributed by atoms with E-state index in [-0.39, 0.29) is 11.1 Å². The Morgan fingerprint density at radius 1 is 1.17 bits per heavy atom. The van der Waals surface area contributed by atoms with E-state index in [1.807, 2.05) is 27.7 Å². The van der Waals surface area contributed by atoms with Crippen LogP contribution in [-0.4, -0.2) is 15.9 Å². The molecule has 72 valence electrons. The SMILES string of the molecule is CC1C(Br)C(C)(C)[NH+]([O-])C1(C)C. The molecule has 3 unspecified atom stereocenters. The van der Waals surface area contributed by atoms with Crippen LogP contribution in [0.4, 0.5) is 0 Å². The van der Waals surface area contributed by atoms with Crippen molar-refractivity contribution in [2.45, 2.75) is 50.5 Å². The second-order valence-corrected chi connectivity index (χ2v) is 5.95. The van der Waals surface area contributed by atoms with E-state index in [4.69, 9.17) is 0 Å². The van der Waals surface area contributed by atoms with Crippen molar-refractivity contribution in [3.63, 3.8) is 0 Å². The molecule has 0 aromatic rings. The second-order valence-electron chi connectivity index (χ2n) is 4.96. The molecule has 1 fully saturated rings. The molecule has 12 heavy (non-hydrogen) atoms. The predicted octanol–water partition coefficient (Wildman–Crippen LogP) is 1.34. The second kappa shape index (κ2) is 2.69. The van der Waals surface area contributed by atoms with Gasteiger partial charge >= 0.3 is 0 Å². The highest BCUT2D eigenvalue weighted by atomic mass is 79.9. The van der Waals surface area contributed by atoms with Crippen LogP contribution in [0, 0.1) is 11.1 Å². The van der Waals surface area contributed by atoms with Crippen molar-refractivity contribution in [1.82, 2.24) is 0 Å². The number of rotatable bonds is 0. The monoisotopic (exact) mass is 235 g/mol. The Morgan fingerprint density at radius 3 is 1.67 bits per heavy atom. The molecule has 3 heteroatoms. The average molecular weight is 236 g/mol. The van der Waals surface area contributed by atoms with E-state index in [1.165, 1.54) is 0 Å². The summed E-state index contributed by atoms with van der Waals surface area (Å²) < 4.78 is 0. The van der Waals surface area contributed by atoms with E-state index in [9.17, 15) is 5.21 Å². The molecule has 1 N–H and O–H groups in total. The fourth-order valence-electron chi connectivity index (χ4n) is 2.15. The number of quaternary nitrogens is 1.